The molecular formula is C13H20N2O. The molecule has 3 heteroatoms. The molecule has 0 unspecified atom stereocenters. The van der Waals surface area contributed by atoms with Crippen molar-refractivity contribution in [3.05, 3.63) is 29.6 Å². The van der Waals surface area contributed by atoms with Crippen molar-refractivity contribution in [3.63, 3.8) is 0 Å². The van der Waals surface area contributed by atoms with Crippen LogP contribution in [-0.2, 0) is 17.8 Å². The molecule has 1 aromatic rings. The van der Waals surface area contributed by atoms with Gasteiger partial charge in [0.15, 0.2) is 5.78 Å². The van der Waals surface area contributed by atoms with Crippen molar-refractivity contribution in [1.29, 1.82) is 0 Å². The third kappa shape index (κ3) is 3.65. The number of hydrogen-bond donors (Lipinski definition) is 0. The molecule has 0 saturated heterocycles. The summed E-state index contributed by atoms with van der Waals surface area (Å²) in [6.45, 7) is 7.04. The van der Waals surface area contributed by atoms with E-state index in [0.717, 1.165) is 24.9 Å². The third-order valence-electron chi connectivity index (χ3n) is 2.66. The number of aryl methyl sites for hydroxylation is 1. The Morgan fingerprint density at radius 2 is 2.06 bits per heavy atom. The van der Waals surface area contributed by atoms with E-state index in [1.165, 1.54) is 5.57 Å². The van der Waals surface area contributed by atoms with Gasteiger partial charge < -0.3 is 0 Å². The zero-order valence-corrected chi connectivity index (χ0v) is 10.4. The second-order valence-corrected chi connectivity index (χ2v) is 3.86. The smallest absolute Gasteiger partial charge is 0.160 e. The molecule has 0 aliphatic carbocycles. The lowest BCUT2D eigenvalue weighted by Gasteiger charge is -1.98. The van der Waals surface area contributed by atoms with E-state index in [1.54, 1.807) is 12.3 Å². The molecule has 0 aromatic carbocycles. The lowest BCUT2D eigenvalue weighted by molar-refractivity contribution is -0.114. The molecule has 88 valence electrons. The number of hydrogen-bond acceptors (Lipinski definition) is 2. The van der Waals surface area contributed by atoms with Gasteiger partial charge in [-0.1, -0.05) is 19.4 Å². The first-order valence-corrected chi connectivity index (χ1v) is 5.93. The summed E-state index contributed by atoms with van der Waals surface area (Å²) in [7, 11) is 0. The number of ketones is 1. The SMILES string of the molecule is CCC(=CC(=O)Cc1cnn(CC)c1)CC. The van der Waals surface area contributed by atoms with Crippen LogP contribution in [0.1, 0.15) is 39.2 Å². The van der Waals surface area contributed by atoms with Crippen molar-refractivity contribution in [2.45, 2.75) is 46.6 Å². The van der Waals surface area contributed by atoms with Crippen LogP contribution in [0.5, 0.6) is 0 Å². The summed E-state index contributed by atoms with van der Waals surface area (Å²) in [6.07, 6.45) is 7.86. The van der Waals surface area contributed by atoms with Crippen molar-refractivity contribution < 1.29 is 4.79 Å². The van der Waals surface area contributed by atoms with Crippen LogP contribution in [0.4, 0.5) is 0 Å². The highest BCUT2D eigenvalue weighted by atomic mass is 16.1. The van der Waals surface area contributed by atoms with Gasteiger partial charge in [-0.15, -0.1) is 0 Å². The number of carbonyl (C=O) groups is 1. The molecular weight excluding hydrogens is 200 g/mol. The Bertz CT molecular complexity index is 371. The molecule has 1 aromatic heterocycles. The predicted molar refractivity (Wildman–Crippen MR) is 65.3 cm³/mol. The first-order valence-electron chi connectivity index (χ1n) is 5.93. The van der Waals surface area contributed by atoms with E-state index in [4.69, 9.17) is 0 Å². The van der Waals surface area contributed by atoms with Gasteiger partial charge in [0.25, 0.3) is 0 Å². The van der Waals surface area contributed by atoms with E-state index >= 15 is 0 Å². The first kappa shape index (κ1) is 12.7. The summed E-state index contributed by atoms with van der Waals surface area (Å²) in [6, 6.07) is 0. The lowest BCUT2D eigenvalue weighted by Crippen LogP contribution is -1.99. The first-order chi connectivity index (χ1) is 7.69. The van der Waals surface area contributed by atoms with Crippen molar-refractivity contribution in [2.75, 3.05) is 0 Å². The van der Waals surface area contributed by atoms with E-state index in [2.05, 4.69) is 18.9 Å². The van der Waals surface area contributed by atoms with E-state index in [9.17, 15) is 4.79 Å². The number of nitrogens with zero attached hydrogens (tertiary/aromatic N) is 2. The summed E-state index contributed by atoms with van der Waals surface area (Å²) < 4.78 is 1.84. The van der Waals surface area contributed by atoms with Crippen molar-refractivity contribution in [2.24, 2.45) is 0 Å². The molecule has 0 bridgehead atoms. The topological polar surface area (TPSA) is 34.9 Å². The van der Waals surface area contributed by atoms with Crippen molar-refractivity contribution >= 4 is 5.78 Å². The van der Waals surface area contributed by atoms with Gasteiger partial charge in [-0.25, -0.2) is 0 Å². The fourth-order valence-electron chi connectivity index (χ4n) is 1.60. The second kappa shape index (κ2) is 6.26. The Balaban J connectivity index is 2.60. The van der Waals surface area contributed by atoms with Crippen LogP contribution in [-0.4, -0.2) is 15.6 Å². The summed E-state index contributed by atoms with van der Waals surface area (Å²) in [5.41, 5.74) is 2.21. The molecule has 0 aliphatic heterocycles. The van der Waals surface area contributed by atoms with Crippen LogP contribution in [0.15, 0.2) is 24.0 Å². The maximum Gasteiger partial charge on any atom is 0.160 e. The highest BCUT2D eigenvalue weighted by Crippen LogP contribution is 2.07. The summed E-state index contributed by atoms with van der Waals surface area (Å²) in [5.74, 6) is 0.175. The molecule has 0 N–H and O–H groups in total. The zero-order chi connectivity index (χ0) is 12.0. The Morgan fingerprint density at radius 1 is 1.38 bits per heavy atom. The van der Waals surface area contributed by atoms with Crippen LogP contribution in [0.2, 0.25) is 0 Å². The van der Waals surface area contributed by atoms with Gasteiger partial charge in [-0.05, 0) is 31.4 Å². The third-order valence-corrected chi connectivity index (χ3v) is 2.66. The minimum Gasteiger partial charge on any atom is -0.294 e. The molecule has 0 amide bonds. The van der Waals surface area contributed by atoms with Gasteiger partial charge in [-0.3, -0.25) is 9.48 Å². The monoisotopic (exact) mass is 220 g/mol. The zero-order valence-electron chi connectivity index (χ0n) is 10.4. The molecule has 16 heavy (non-hydrogen) atoms. The van der Waals surface area contributed by atoms with Crippen molar-refractivity contribution in [1.82, 2.24) is 9.78 Å². The van der Waals surface area contributed by atoms with E-state index in [0.29, 0.717) is 6.42 Å². The van der Waals surface area contributed by atoms with Crippen LogP contribution >= 0.6 is 0 Å². The molecule has 1 rings (SSSR count). The Labute approximate surface area is 97.2 Å². The summed E-state index contributed by atoms with van der Waals surface area (Å²) >= 11 is 0. The fraction of sp³-hybridized carbons (Fsp3) is 0.538. The minimum atomic E-state index is 0.175. The van der Waals surface area contributed by atoms with E-state index in [1.807, 2.05) is 17.8 Å². The molecule has 0 radical (unpaired) electrons. The highest BCUT2D eigenvalue weighted by molar-refractivity contribution is 5.91. The number of carbonyl (C=O) groups excluding carboxylic acids is 1. The van der Waals surface area contributed by atoms with E-state index < -0.39 is 0 Å². The van der Waals surface area contributed by atoms with Crippen LogP contribution in [0, 0.1) is 0 Å². The maximum absolute atomic E-state index is 11.7. The van der Waals surface area contributed by atoms with Crippen LogP contribution < -0.4 is 0 Å². The number of allylic oxidation sites excluding steroid dienone is 2. The number of rotatable bonds is 6. The molecule has 1 heterocycles. The lowest BCUT2D eigenvalue weighted by atomic mass is 10.1. The van der Waals surface area contributed by atoms with Gasteiger partial charge in [0.1, 0.15) is 0 Å². The molecule has 0 saturated carbocycles. The standard InChI is InChI=1S/C13H20N2O/c1-4-11(5-2)7-13(16)8-12-9-14-15(6-3)10-12/h7,9-10H,4-6,8H2,1-3H3. The molecule has 0 atom stereocenters. The quantitative estimate of drug-likeness (QED) is 0.691. The van der Waals surface area contributed by atoms with E-state index in [-0.39, 0.29) is 5.78 Å². The van der Waals surface area contributed by atoms with Crippen molar-refractivity contribution in [3.8, 4) is 0 Å². The molecule has 0 fully saturated rings. The van der Waals surface area contributed by atoms with Gasteiger partial charge in [0.05, 0.1) is 6.20 Å². The van der Waals surface area contributed by atoms with Crippen LogP contribution in [0.3, 0.4) is 0 Å². The average molecular weight is 220 g/mol. The maximum atomic E-state index is 11.7. The predicted octanol–water partition coefficient (Wildman–Crippen LogP) is 2.76. The minimum absolute atomic E-state index is 0.175. The Hall–Kier alpha value is -1.38. The Morgan fingerprint density at radius 3 is 2.56 bits per heavy atom. The number of aromatic nitrogens is 2. The molecule has 0 aliphatic rings. The molecule has 3 nitrogen and oxygen atoms in total. The highest BCUT2D eigenvalue weighted by Gasteiger charge is 2.04. The Kier molecular flexibility index (Phi) is 4.96. The summed E-state index contributed by atoms with van der Waals surface area (Å²) in [4.78, 5) is 11.7. The normalized spacial score (nSPS) is 10.2. The van der Waals surface area contributed by atoms with Gasteiger partial charge in [0.2, 0.25) is 0 Å². The molecule has 0 spiro atoms. The van der Waals surface area contributed by atoms with Gasteiger partial charge in [0, 0.05) is 19.2 Å². The average Bonchev–Trinajstić information content (AvgIpc) is 2.73. The summed E-state index contributed by atoms with van der Waals surface area (Å²) in [5, 5.41) is 4.15. The second-order valence-electron chi connectivity index (χ2n) is 3.86. The van der Waals surface area contributed by atoms with Gasteiger partial charge >= 0.3 is 0 Å². The fourth-order valence-corrected chi connectivity index (χ4v) is 1.60. The van der Waals surface area contributed by atoms with Gasteiger partial charge in [-0.2, -0.15) is 5.10 Å². The largest absolute Gasteiger partial charge is 0.294 e. The van der Waals surface area contributed by atoms with Crippen LogP contribution in [0.25, 0.3) is 0 Å².